The van der Waals surface area contributed by atoms with Crippen LogP contribution in [0, 0.1) is 0 Å². The van der Waals surface area contributed by atoms with Crippen LogP contribution in [-0.2, 0) is 16.1 Å². The van der Waals surface area contributed by atoms with Gasteiger partial charge in [-0.3, -0.25) is 4.79 Å². The molecule has 1 aromatic carbocycles. The Morgan fingerprint density at radius 1 is 1.40 bits per heavy atom. The summed E-state index contributed by atoms with van der Waals surface area (Å²) in [7, 11) is 0. The van der Waals surface area contributed by atoms with Crippen LogP contribution < -0.4 is 10.6 Å². The number of hydrogen-bond donors (Lipinski definition) is 4. The molecule has 2 atom stereocenters. The molecule has 0 fully saturated rings. The van der Waals surface area contributed by atoms with Gasteiger partial charge in [-0.1, -0.05) is 24.3 Å². The monoisotopic (exact) mass is 278 g/mol. The van der Waals surface area contributed by atoms with E-state index in [2.05, 4.69) is 10.6 Å². The lowest BCUT2D eigenvalue weighted by Crippen LogP contribution is -2.46. The van der Waals surface area contributed by atoms with Crippen LogP contribution in [0.1, 0.15) is 23.5 Å². The highest BCUT2D eigenvalue weighted by Gasteiger charge is 2.29. The van der Waals surface area contributed by atoms with Crippen LogP contribution in [0.15, 0.2) is 24.3 Å². The summed E-state index contributed by atoms with van der Waals surface area (Å²) < 4.78 is 0. The quantitative estimate of drug-likeness (QED) is 0.599. The van der Waals surface area contributed by atoms with E-state index in [4.69, 9.17) is 10.2 Å². The van der Waals surface area contributed by atoms with E-state index in [1.54, 1.807) is 0 Å². The summed E-state index contributed by atoms with van der Waals surface area (Å²) in [6.45, 7) is 0.907. The molecule has 0 saturated carbocycles. The molecule has 0 spiro atoms. The van der Waals surface area contributed by atoms with Gasteiger partial charge in [0.05, 0.1) is 5.92 Å². The summed E-state index contributed by atoms with van der Waals surface area (Å²) in [6, 6.07) is 6.56. The lowest BCUT2D eigenvalue weighted by molar-refractivity contribution is -0.142. The molecule has 1 heterocycles. The minimum atomic E-state index is -1.13. The third-order valence-electron chi connectivity index (χ3n) is 3.44. The SMILES string of the molecule is O=C(O)C(CCO)NC(=O)C1CNCc2ccccc21. The lowest BCUT2D eigenvalue weighted by atomic mass is 9.90. The van der Waals surface area contributed by atoms with Gasteiger partial charge in [0.15, 0.2) is 0 Å². The maximum Gasteiger partial charge on any atom is 0.326 e. The maximum atomic E-state index is 12.3. The van der Waals surface area contributed by atoms with E-state index in [0.29, 0.717) is 13.1 Å². The Morgan fingerprint density at radius 3 is 2.85 bits per heavy atom. The minimum absolute atomic E-state index is 0.00285. The highest BCUT2D eigenvalue weighted by molar-refractivity contribution is 5.88. The highest BCUT2D eigenvalue weighted by Crippen LogP contribution is 2.24. The molecule has 6 heteroatoms. The molecule has 2 unspecified atom stereocenters. The van der Waals surface area contributed by atoms with Crippen LogP contribution >= 0.6 is 0 Å². The van der Waals surface area contributed by atoms with Gasteiger partial charge in [-0.15, -0.1) is 0 Å². The molecule has 0 aromatic heterocycles. The third-order valence-corrected chi connectivity index (χ3v) is 3.44. The van der Waals surface area contributed by atoms with Crippen molar-refractivity contribution in [2.45, 2.75) is 24.9 Å². The fraction of sp³-hybridized carbons (Fsp3) is 0.429. The normalized spacial score (nSPS) is 18.9. The molecule has 1 aromatic rings. The van der Waals surface area contributed by atoms with Gasteiger partial charge in [0.1, 0.15) is 6.04 Å². The molecule has 0 aliphatic carbocycles. The van der Waals surface area contributed by atoms with Crippen molar-refractivity contribution < 1.29 is 19.8 Å². The number of fused-ring (bicyclic) bond motifs is 1. The lowest BCUT2D eigenvalue weighted by Gasteiger charge is -2.26. The van der Waals surface area contributed by atoms with Gasteiger partial charge in [0.25, 0.3) is 0 Å². The number of carbonyl (C=O) groups is 2. The third kappa shape index (κ3) is 3.15. The average molecular weight is 278 g/mol. The Kier molecular flexibility index (Phi) is 4.70. The van der Waals surface area contributed by atoms with E-state index in [-0.39, 0.29) is 18.9 Å². The summed E-state index contributed by atoms with van der Waals surface area (Å²) in [5.41, 5.74) is 1.98. The van der Waals surface area contributed by atoms with Gasteiger partial charge < -0.3 is 20.8 Å². The summed E-state index contributed by atoms with van der Waals surface area (Å²) in [5.74, 6) is -1.87. The molecule has 0 saturated heterocycles. The van der Waals surface area contributed by atoms with E-state index in [9.17, 15) is 9.59 Å². The van der Waals surface area contributed by atoms with Crippen LogP contribution in [-0.4, -0.2) is 41.3 Å². The molecule has 6 nitrogen and oxygen atoms in total. The molecular formula is C14H18N2O4. The van der Waals surface area contributed by atoms with Crippen LogP contribution in [0.4, 0.5) is 0 Å². The number of aliphatic carboxylic acids is 1. The van der Waals surface area contributed by atoms with Crippen LogP contribution in [0.5, 0.6) is 0 Å². The van der Waals surface area contributed by atoms with Gasteiger partial charge in [0, 0.05) is 26.1 Å². The number of carboxylic acids is 1. The first-order chi connectivity index (χ1) is 9.63. The molecule has 108 valence electrons. The summed E-state index contributed by atoms with van der Waals surface area (Å²) in [4.78, 5) is 23.3. The Bertz CT molecular complexity index is 504. The molecule has 0 bridgehead atoms. The highest BCUT2D eigenvalue weighted by atomic mass is 16.4. The van der Waals surface area contributed by atoms with Gasteiger partial charge in [-0.2, -0.15) is 0 Å². The molecular weight excluding hydrogens is 260 g/mol. The van der Waals surface area contributed by atoms with Crippen LogP contribution in [0.2, 0.25) is 0 Å². The van der Waals surface area contributed by atoms with Crippen molar-refractivity contribution in [2.75, 3.05) is 13.2 Å². The Labute approximate surface area is 116 Å². The number of rotatable bonds is 5. The first kappa shape index (κ1) is 14.5. The van der Waals surface area contributed by atoms with Crippen molar-refractivity contribution in [3.05, 3.63) is 35.4 Å². The van der Waals surface area contributed by atoms with Crippen LogP contribution in [0.25, 0.3) is 0 Å². The maximum absolute atomic E-state index is 12.3. The van der Waals surface area contributed by atoms with Gasteiger partial charge >= 0.3 is 5.97 Å². The summed E-state index contributed by atoms with van der Waals surface area (Å²) in [6.07, 6.45) is 0.00285. The fourth-order valence-electron chi connectivity index (χ4n) is 2.39. The second-order valence-electron chi connectivity index (χ2n) is 4.79. The number of carboxylic acid groups (broad SMARTS) is 1. The number of amides is 1. The number of benzene rings is 1. The summed E-state index contributed by atoms with van der Waals surface area (Å²) in [5, 5.41) is 23.5. The second-order valence-corrected chi connectivity index (χ2v) is 4.79. The van der Waals surface area contributed by atoms with E-state index in [1.807, 2.05) is 24.3 Å². The largest absolute Gasteiger partial charge is 0.480 e. The smallest absolute Gasteiger partial charge is 0.326 e. The number of carbonyl (C=O) groups excluding carboxylic acids is 1. The van der Waals surface area contributed by atoms with Gasteiger partial charge in [-0.25, -0.2) is 4.79 Å². The zero-order chi connectivity index (χ0) is 14.5. The number of hydrogen-bond acceptors (Lipinski definition) is 4. The number of aliphatic hydroxyl groups excluding tert-OH is 1. The second kappa shape index (κ2) is 6.49. The minimum Gasteiger partial charge on any atom is -0.480 e. The molecule has 0 radical (unpaired) electrons. The average Bonchev–Trinajstić information content (AvgIpc) is 2.46. The molecule has 1 amide bonds. The Balaban J connectivity index is 2.12. The first-order valence-corrected chi connectivity index (χ1v) is 6.56. The van der Waals surface area contributed by atoms with Crippen molar-refractivity contribution in [1.82, 2.24) is 10.6 Å². The molecule has 2 rings (SSSR count). The molecule has 1 aliphatic rings. The van der Waals surface area contributed by atoms with Crippen LogP contribution in [0.3, 0.4) is 0 Å². The Hall–Kier alpha value is -1.92. The zero-order valence-corrected chi connectivity index (χ0v) is 11.0. The number of nitrogens with one attached hydrogen (secondary N) is 2. The topological polar surface area (TPSA) is 98.7 Å². The summed E-state index contributed by atoms with van der Waals surface area (Å²) >= 11 is 0. The Morgan fingerprint density at radius 2 is 2.15 bits per heavy atom. The number of aliphatic hydroxyl groups is 1. The standard InChI is InChI=1S/C14H18N2O4/c17-6-5-12(14(19)20)16-13(18)11-8-15-7-9-3-1-2-4-10(9)11/h1-4,11-12,15,17H,5-8H2,(H,16,18)(H,19,20). The van der Waals surface area contributed by atoms with Gasteiger partial charge in [-0.05, 0) is 11.1 Å². The van der Waals surface area contributed by atoms with Crippen molar-refractivity contribution in [2.24, 2.45) is 0 Å². The predicted octanol–water partition coefficient (Wildman–Crippen LogP) is -0.175. The van der Waals surface area contributed by atoms with E-state index >= 15 is 0 Å². The zero-order valence-electron chi connectivity index (χ0n) is 11.0. The van der Waals surface area contributed by atoms with Crippen molar-refractivity contribution >= 4 is 11.9 Å². The predicted molar refractivity (Wildman–Crippen MR) is 72.2 cm³/mol. The molecule has 20 heavy (non-hydrogen) atoms. The van der Waals surface area contributed by atoms with Crippen molar-refractivity contribution in [1.29, 1.82) is 0 Å². The first-order valence-electron chi connectivity index (χ1n) is 6.56. The van der Waals surface area contributed by atoms with Gasteiger partial charge in [0.2, 0.25) is 5.91 Å². The van der Waals surface area contributed by atoms with E-state index in [0.717, 1.165) is 11.1 Å². The fourth-order valence-corrected chi connectivity index (χ4v) is 2.39. The van der Waals surface area contributed by atoms with E-state index < -0.39 is 17.9 Å². The molecule has 1 aliphatic heterocycles. The van der Waals surface area contributed by atoms with Crippen molar-refractivity contribution in [3.63, 3.8) is 0 Å². The molecule has 4 N–H and O–H groups in total. The van der Waals surface area contributed by atoms with Crippen molar-refractivity contribution in [3.8, 4) is 0 Å². The van der Waals surface area contributed by atoms with E-state index in [1.165, 1.54) is 0 Å².